The number of ketones is 1. The molecule has 0 fully saturated rings. The molecular formula is C19H21NO3S2. The van der Waals surface area contributed by atoms with Gasteiger partial charge < -0.3 is 14.8 Å². The smallest absolute Gasteiger partial charge is 0.348 e. The molecule has 1 aromatic heterocycles. The molecule has 0 aliphatic carbocycles. The predicted octanol–water partition coefficient (Wildman–Crippen LogP) is 4.50. The molecule has 1 atom stereocenters. The summed E-state index contributed by atoms with van der Waals surface area (Å²) in [7, 11) is 0. The molecule has 0 bridgehead atoms. The van der Waals surface area contributed by atoms with Gasteiger partial charge in [-0.2, -0.15) is 0 Å². The Morgan fingerprint density at radius 3 is 2.64 bits per heavy atom. The molecule has 1 unspecified atom stereocenters. The summed E-state index contributed by atoms with van der Waals surface area (Å²) in [6.07, 6.45) is 1.08. The van der Waals surface area contributed by atoms with E-state index in [1.165, 1.54) is 11.3 Å². The van der Waals surface area contributed by atoms with E-state index in [4.69, 9.17) is 17.0 Å². The first-order valence-electron chi connectivity index (χ1n) is 8.09. The Balaban J connectivity index is 2.06. The fraction of sp³-hybridized carbons (Fsp3) is 0.316. The normalized spacial score (nSPS) is 11.6. The van der Waals surface area contributed by atoms with Crippen LogP contribution in [0.25, 0.3) is 0 Å². The van der Waals surface area contributed by atoms with Gasteiger partial charge in [0.25, 0.3) is 0 Å². The summed E-state index contributed by atoms with van der Waals surface area (Å²) in [5.41, 5.74) is 1.88. The third kappa shape index (κ3) is 6.07. The van der Waals surface area contributed by atoms with Gasteiger partial charge in [-0.25, -0.2) is 4.79 Å². The Labute approximate surface area is 157 Å². The highest BCUT2D eigenvalue weighted by atomic mass is 32.1. The fourth-order valence-corrected chi connectivity index (χ4v) is 3.47. The number of ether oxygens (including phenoxy) is 1. The molecule has 0 radical (unpaired) electrons. The minimum atomic E-state index is -0.337. The Kier molecular flexibility index (Phi) is 7.28. The number of hydrogen-bond acceptors (Lipinski definition) is 5. The van der Waals surface area contributed by atoms with Crippen LogP contribution in [0.1, 0.15) is 35.5 Å². The van der Waals surface area contributed by atoms with Crippen LogP contribution in [0.5, 0.6) is 0 Å². The number of rotatable bonds is 8. The van der Waals surface area contributed by atoms with Crippen molar-refractivity contribution in [3.63, 3.8) is 0 Å². The molecule has 0 spiro atoms. The van der Waals surface area contributed by atoms with E-state index in [0.717, 1.165) is 11.3 Å². The number of hydrogen-bond donors (Lipinski definition) is 1. The van der Waals surface area contributed by atoms with E-state index in [1.54, 1.807) is 19.9 Å². The first kappa shape index (κ1) is 19.3. The zero-order chi connectivity index (χ0) is 18.2. The molecule has 1 heterocycles. The second-order valence-corrected chi connectivity index (χ2v) is 7.05. The number of carbonyl (C=O) groups excluding carboxylic acids is 2. The zero-order valence-corrected chi connectivity index (χ0v) is 15.9. The van der Waals surface area contributed by atoms with Gasteiger partial charge in [-0.15, -0.1) is 11.3 Å². The van der Waals surface area contributed by atoms with Crippen molar-refractivity contribution in [3.8, 4) is 0 Å². The van der Waals surface area contributed by atoms with Gasteiger partial charge in [-0.3, -0.25) is 0 Å². The molecule has 0 saturated carbocycles. The van der Waals surface area contributed by atoms with E-state index in [2.05, 4.69) is 5.32 Å². The molecule has 0 amide bonds. The van der Waals surface area contributed by atoms with Crippen molar-refractivity contribution in [1.82, 2.24) is 0 Å². The lowest BCUT2D eigenvalue weighted by atomic mass is 9.94. The molecule has 0 saturated heterocycles. The van der Waals surface area contributed by atoms with Crippen molar-refractivity contribution >= 4 is 46.0 Å². The van der Waals surface area contributed by atoms with Gasteiger partial charge in [0, 0.05) is 17.7 Å². The number of esters is 1. The van der Waals surface area contributed by atoms with Gasteiger partial charge in [-0.05, 0) is 31.9 Å². The van der Waals surface area contributed by atoms with Crippen molar-refractivity contribution in [2.75, 3.05) is 11.9 Å². The maximum atomic E-state index is 11.7. The lowest BCUT2D eigenvalue weighted by Crippen LogP contribution is -2.24. The van der Waals surface area contributed by atoms with Crippen LogP contribution >= 0.6 is 23.6 Å². The van der Waals surface area contributed by atoms with Crippen molar-refractivity contribution < 1.29 is 14.3 Å². The summed E-state index contributed by atoms with van der Waals surface area (Å²) in [4.78, 5) is 24.5. The van der Waals surface area contributed by atoms with E-state index in [-0.39, 0.29) is 17.7 Å². The number of thiocarbonyl (C=S) groups is 1. The quantitative estimate of drug-likeness (QED) is 0.544. The molecule has 4 nitrogen and oxygen atoms in total. The van der Waals surface area contributed by atoms with E-state index < -0.39 is 0 Å². The second-order valence-electron chi connectivity index (χ2n) is 5.70. The molecular weight excluding hydrogens is 354 g/mol. The number of anilines is 1. The monoisotopic (exact) mass is 375 g/mol. The third-order valence-electron chi connectivity index (χ3n) is 3.57. The van der Waals surface area contributed by atoms with Crippen molar-refractivity contribution in [1.29, 1.82) is 0 Å². The number of thiophene rings is 1. The fourth-order valence-electron chi connectivity index (χ4n) is 2.46. The van der Waals surface area contributed by atoms with Crippen molar-refractivity contribution in [2.45, 2.75) is 26.7 Å². The molecule has 0 aliphatic rings. The predicted molar refractivity (Wildman–Crippen MR) is 105 cm³/mol. The number of carbonyl (C=O) groups is 2. The molecule has 2 rings (SSSR count). The first-order chi connectivity index (χ1) is 12.0. The highest BCUT2D eigenvalue weighted by Gasteiger charge is 2.19. The Bertz CT molecular complexity index is 740. The Morgan fingerprint density at radius 2 is 2.00 bits per heavy atom. The molecule has 132 valence electrons. The number of Topliss-reactive ketones (excluding diaryl/α,β-unsaturated/α-hetero) is 1. The summed E-state index contributed by atoms with van der Waals surface area (Å²) in [6, 6.07) is 11.7. The SMILES string of the molecule is CCOC(=O)c1cc(NC(=S)C(CC(C)=O)Cc2ccccc2)cs1. The Hall–Kier alpha value is -2.05. The first-order valence-corrected chi connectivity index (χ1v) is 9.38. The molecule has 1 aromatic carbocycles. The van der Waals surface area contributed by atoms with Gasteiger partial charge in [-0.1, -0.05) is 42.5 Å². The van der Waals surface area contributed by atoms with E-state index >= 15 is 0 Å². The highest BCUT2D eigenvalue weighted by Crippen LogP contribution is 2.23. The molecule has 6 heteroatoms. The van der Waals surface area contributed by atoms with Crippen LogP contribution in [-0.4, -0.2) is 23.3 Å². The van der Waals surface area contributed by atoms with Gasteiger partial charge in [0.05, 0.1) is 17.3 Å². The van der Waals surface area contributed by atoms with Crippen LogP contribution in [0.15, 0.2) is 41.8 Å². The average molecular weight is 376 g/mol. The maximum absolute atomic E-state index is 11.7. The second kappa shape index (κ2) is 9.44. The average Bonchev–Trinajstić information content (AvgIpc) is 3.03. The minimum absolute atomic E-state index is 0.0826. The molecule has 1 N–H and O–H groups in total. The number of benzene rings is 1. The largest absolute Gasteiger partial charge is 0.462 e. The van der Waals surface area contributed by atoms with Gasteiger partial charge in [0.2, 0.25) is 0 Å². The summed E-state index contributed by atoms with van der Waals surface area (Å²) < 4.78 is 4.99. The summed E-state index contributed by atoms with van der Waals surface area (Å²) >= 11 is 6.83. The van der Waals surface area contributed by atoms with Gasteiger partial charge >= 0.3 is 5.97 Å². The van der Waals surface area contributed by atoms with E-state index in [9.17, 15) is 9.59 Å². The maximum Gasteiger partial charge on any atom is 0.348 e. The van der Waals surface area contributed by atoms with Crippen LogP contribution in [0.2, 0.25) is 0 Å². The van der Waals surface area contributed by atoms with Crippen LogP contribution in [0, 0.1) is 5.92 Å². The lowest BCUT2D eigenvalue weighted by molar-refractivity contribution is -0.117. The lowest BCUT2D eigenvalue weighted by Gasteiger charge is -2.18. The van der Waals surface area contributed by atoms with Crippen molar-refractivity contribution in [3.05, 3.63) is 52.2 Å². The standard InChI is InChI=1S/C19H21NO3S2/c1-3-23-19(22)17-11-16(12-25-17)20-18(24)15(9-13(2)21)10-14-7-5-4-6-8-14/h4-8,11-12,15H,3,9-10H2,1-2H3,(H,20,24). The summed E-state index contributed by atoms with van der Waals surface area (Å²) in [5.74, 6) is -0.320. The van der Waals surface area contributed by atoms with E-state index in [0.29, 0.717) is 29.3 Å². The van der Waals surface area contributed by atoms with Crippen LogP contribution in [-0.2, 0) is 16.0 Å². The zero-order valence-electron chi connectivity index (χ0n) is 14.3. The van der Waals surface area contributed by atoms with Crippen LogP contribution in [0.3, 0.4) is 0 Å². The molecule has 2 aromatic rings. The van der Waals surface area contributed by atoms with Gasteiger partial charge in [0.1, 0.15) is 10.7 Å². The van der Waals surface area contributed by atoms with Crippen molar-refractivity contribution in [2.24, 2.45) is 5.92 Å². The van der Waals surface area contributed by atoms with E-state index in [1.807, 2.05) is 35.7 Å². The highest BCUT2D eigenvalue weighted by molar-refractivity contribution is 7.80. The summed E-state index contributed by atoms with van der Waals surface area (Å²) in [5, 5.41) is 4.99. The van der Waals surface area contributed by atoms with Gasteiger partial charge in [0.15, 0.2) is 0 Å². The minimum Gasteiger partial charge on any atom is -0.462 e. The molecule has 0 aliphatic heterocycles. The number of nitrogens with one attached hydrogen (secondary N) is 1. The Morgan fingerprint density at radius 1 is 1.28 bits per heavy atom. The molecule has 25 heavy (non-hydrogen) atoms. The van der Waals surface area contributed by atoms with Crippen LogP contribution in [0.4, 0.5) is 5.69 Å². The topological polar surface area (TPSA) is 55.4 Å². The van der Waals surface area contributed by atoms with Crippen LogP contribution < -0.4 is 5.32 Å². The summed E-state index contributed by atoms with van der Waals surface area (Å²) in [6.45, 7) is 3.69. The third-order valence-corrected chi connectivity index (χ3v) is 4.92.